The third kappa shape index (κ3) is 1.70. The van der Waals surface area contributed by atoms with Gasteiger partial charge in [-0.25, -0.2) is 0 Å². The highest BCUT2D eigenvalue weighted by Crippen LogP contribution is 2.32. The molecule has 78 valence electrons. The zero-order valence-corrected chi connectivity index (χ0v) is 8.77. The van der Waals surface area contributed by atoms with Crippen LogP contribution in [-0.2, 0) is 0 Å². The van der Waals surface area contributed by atoms with E-state index < -0.39 is 0 Å². The summed E-state index contributed by atoms with van der Waals surface area (Å²) in [5.74, 6) is 1.50. The molecule has 0 amide bonds. The maximum atomic E-state index is 5.76. The van der Waals surface area contributed by atoms with Crippen molar-refractivity contribution in [3.63, 3.8) is 0 Å². The van der Waals surface area contributed by atoms with E-state index in [1.807, 2.05) is 12.1 Å². The predicted molar refractivity (Wildman–Crippen MR) is 58.2 cm³/mol. The normalized spacial score (nSPS) is 10.9. The third-order valence-electron chi connectivity index (χ3n) is 2.28. The number of nitrogens with zero attached hydrogens (tertiary/aromatic N) is 2. The number of hydrogen-bond donors (Lipinski definition) is 1. The molecule has 0 aliphatic carbocycles. The fourth-order valence-electron chi connectivity index (χ4n) is 1.58. The molecule has 0 fully saturated rings. The topological polar surface area (TPSA) is 64.9 Å². The first-order chi connectivity index (χ1) is 7.20. The van der Waals surface area contributed by atoms with Crippen LogP contribution in [0.2, 0.25) is 0 Å². The molecule has 0 atom stereocenters. The fourth-order valence-corrected chi connectivity index (χ4v) is 1.58. The van der Waals surface area contributed by atoms with Crippen molar-refractivity contribution in [2.75, 3.05) is 5.73 Å². The highest BCUT2D eigenvalue weighted by Gasteiger charge is 2.17. The van der Waals surface area contributed by atoms with Crippen LogP contribution in [0, 0.1) is 0 Å². The second-order valence-corrected chi connectivity index (χ2v) is 3.70. The lowest BCUT2D eigenvalue weighted by Crippen LogP contribution is -1.95. The maximum absolute atomic E-state index is 5.76. The third-order valence-corrected chi connectivity index (χ3v) is 2.28. The monoisotopic (exact) mass is 203 g/mol. The molecule has 2 rings (SSSR count). The van der Waals surface area contributed by atoms with Crippen molar-refractivity contribution in [2.24, 2.45) is 0 Å². The Morgan fingerprint density at radius 3 is 2.53 bits per heavy atom. The highest BCUT2D eigenvalue weighted by molar-refractivity contribution is 5.66. The second kappa shape index (κ2) is 3.73. The minimum Gasteiger partial charge on any atom is -0.381 e. The summed E-state index contributed by atoms with van der Waals surface area (Å²) in [6, 6.07) is 3.76. The SMILES string of the molecule is CC(C)c1c(N)noc1-c1ccncc1. The first kappa shape index (κ1) is 9.71. The van der Waals surface area contributed by atoms with Gasteiger partial charge in [0.05, 0.1) is 0 Å². The number of anilines is 1. The van der Waals surface area contributed by atoms with Crippen molar-refractivity contribution in [3.8, 4) is 11.3 Å². The summed E-state index contributed by atoms with van der Waals surface area (Å²) in [7, 11) is 0. The number of pyridine rings is 1. The average molecular weight is 203 g/mol. The summed E-state index contributed by atoms with van der Waals surface area (Å²) in [5.41, 5.74) is 7.67. The van der Waals surface area contributed by atoms with Gasteiger partial charge in [0, 0.05) is 23.5 Å². The Bertz CT molecular complexity index is 448. The molecule has 0 saturated heterocycles. The largest absolute Gasteiger partial charge is 0.381 e. The Kier molecular flexibility index (Phi) is 2.41. The highest BCUT2D eigenvalue weighted by atomic mass is 16.5. The first-order valence-corrected chi connectivity index (χ1v) is 4.85. The molecule has 0 aromatic carbocycles. The standard InChI is InChI=1S/C11H13N3O/c1-7(2)9-10(15-14-11(9)12)8-3-5-13-6-4-8/h3-7H,1-2H3,(H2,12,14). The Hall–Kier alpha value is -1.84. The van der Waals surface area contributed by atoms with Gasteiger partial charge in [0.25, 0.3) is 0 Å². The molecular formula is C11H13N3O. The van der Waals surface area contributed by atoms with Crippen molar-refractivity contribution in [2.45, 2.75) is 19.8 Å². The van der Waals surface area contributed by atoms with Crippen LogP contribution in [-0.4, -0.2) is 10.1 Å². The van der Waals surface area contributed by atoms with Crippen LogP contribution in [0.1, 0.15) is 25.3 Å². The van der Waals surface area contributed by atoms with Gasteiger partial charge < -0.3 is 10.3 Å². The Morgan fingerprint density at radius 2 is 1.93 bits per heavy atom. The van der Waals surface area contributed by atoms with E-state index in [0.29, 0.717) is 11.7 Å². The fraction of sp³-hybridized carbons (Fsp3) is 0.273. The molecule has 0 aliphatic rings. The molecule has 4 heteroatoms. The molecule has 0 radical (unpaired) electrons. The van der Waals surface area contributed by atoms with E-state index in [-0.39, 0.29) is 0 Å². The molecule has 0 saturated carbocycles. The predicted octanol–water partition coefficient (Wildman–Crippen LogP) is 2.44. The van der Waals surface area contributed by atoms with Gasteiger partial charge in [0.15, 0.2) is 11.6 Å². The molecule has 0 spiro atoms. The van der Waals surface area contributed by atoms with Gasteiger partial charge in [-0.2, -0.15) is 0 Å². The van der Waals surface area contributed by atoms with Gasteiger partial charge in [0.2, 0.25) is 0 Å². The van der Waals surface area contributed by atoms with Crippen molar-refractivity contribution in [3.05, 3.63) is 30.1 Å². The van der Waals surface area contributed by atoms with Crippen LogP contribution in [0.4, 0.5) is 5.82 Å². The van der Waals surface area contributed by atoms with Crippen molar-refractivity contribution in [1.82, 2.24) is 10.1 Å². The summed E-state index contributed by atoms with van der Waals surface area (Å²) < 4.78 is 5.24. The van der Waals surface area contributed by atoms with Crippen LogP contribution in [0.25, 0.3) is 11.3 Å². The van der Waals surface area contributed by atoms with E-state index >= 15 is 0 Å². The molecule has 15 heavy (non-hydrogen) atoms. The van der Waals surface area contributed by atoms with Crippen molar-refractivity contribution >= 4 is 5.82 Å². The van der Waals surface area contributed by atoms with Crippen LogP contribution < -0.4 is 5.73 Å². The van der Waals surface area contributed by atoms with Gasteiger partial charge >= 0.3 is 0 Å². The molecule has 0 unspecified atom stereocenters. The molecule has 2 aromatic heterocycles. The molecule has 2 heterocycles. The number of nitrogen functional groups attached to an aromatic ring is 1. The molecule has 0 aliphatic heterocycles. The minimum absolute atomic E-state index is 0.291. The molecule has 2 N–H and O–H groups in total. The minimum atomic E-state index is 0.291. The van der Waals surface area contributed by atoms with Crippen molar-refractivity contribution in [1.29, 1.82) is 0 Å². The van der Waals surface area contributed by atoms with Gasteiger partial charge in [-0.15, -0.1) is 0 Å². The lowest BCUT2D eigenvalue weighted by atomic mass is 10.00. The summed E-state index contributed by atoms with van der Waals surface area (Å²) >= 11 is 0. The molecule has 4 nitrogen and oxygen atoms in total. The number of aromatic nitrogens is 2. The molecular weight excluding hydrogens is 190 g/mol. The Labute approximate surface area is 88.1 Å². The Morgan fingerprint density at radius 1 is 1.27 bits per heavy atom. The van der Waals surface area contributed by atoms with E-state index in [9.17, 15) is 0 Å². The van der Waals surface area contributed by atoms with Gasteiger partial charge in [-0.05, 0) is 18.1 Å². The van der Waals surface area contributed by atoms with Gasteiger partial charge in [-0.1, -0.05) is 19.0 Å². The number of hydrogen-bond acceptors (Lipinski definition) is 4. The summed E-state index contributed by atoms with van der Waals surface area (Å²) in [6.07, 6.45) is 3.44. The first-order valence-electron chi connectivity index (χ1n) is 4.85. The van der Waals surface area contributed by atoms with Gasteiger partial charge in [-0.3, -0.25) is 4.98 Å². The maximum Gasteiger partial charge on any atom is 0.172 e. The van der Waals surface area contributed by atoms with E-state index in [0.717, 1.165) is 16.9 Å². The lowest BCUT2D eigenvalue weighted by molar-refractivity contribution is 0.434. The summed E-state index contributed by atoms with van der Waals surface area (Å²) in [6.45, 7) is 4.13. The van der Waals surface area contributed by atoms with Crippen LogP contribution >= 0.6 is 0 Å². The Balaban J connectivity index is 2.54. The van der Waals surface area contributed by atoms with E-state index in [1.54, 1.807) is 12.4 Å². The number of rotatable bonds is 2. The van der Waals surface area contributed by atoms with E-state index in [4.69, 9.17) is 10.3 Å². The summed E-state index contributed by atoms with van der Waals surface area (Å²) in [5, 5.41) is 3.80. The average Bonchev–Trinajstić information content (AvgIpc) is 2.61. The molecule has 2 aromatic rings. The number of nitrogens with two attached hydrogens (primary N) is 1. The summed E-state index contributed by atoms with van der Waals surface area (Å²) in [4.78, 5) is 3.96. The van der Waals surface area contributed by atoms with Crippen LogP contribution in [0.3, 0.4) is 0 Å². The van der Waals surface area contributed by atoms with E-state index in [1.165, 1.54) is 0 Å². The van der Waals surface area contributed by atoms with Crippen LogP contribution in [0.15, 0.2) is 29.0 Å². The van der Waals surface area contributed by atoms with Crippen molar-refractivity contribution < 1.29 is 4.52 Å². The second-order valence-electron chi connectivity index (χ2n) is 3.70. The zero-order valence-electron chi connectivity index (χ0n) is 8.77. The quantitative estimate of drug-likeness (QED) is 0.814. The van der Waals surface area contributed by atoms with E-state index in [2.05, 4.69) is 24.0 Å². The lowest BCUT2D eigenvalue weighted by Gasteiger charge is -2.04. The van der Waals surface area contributed by atoms with Gasteiger partial charge in [0.1, 0.15) is 0 Å². The van der Waals surface area contributed by atoms with Crippen LogP contribution in [0.5, 0.6) is 0 Å². The smallest absolute Gasteiger partial charge is 0.172 e. The molecule has 0 bridgehead atoms. The zero-order chi connectivity index (χ0) is 10.8.